The number of hydrogen-bond donors (Lipinski definition) is 2. The van der Waals surface area contributed by atoms with E-state index in [9.17, 15) is 14.0 Å². The molecule has 2 N–H and O–H groups in total. The maximum atomic E-state index is 12.9. The van der Waals surface area contributed by atoms with Gasteiger partial charge in [-0.3, -0.25) is 4.79 Å². The van der Waals surface area contributed by atoms with Crippen LogP contribution in [0.4, 0.5) is 14.9 Å². The van der Waals surface area contributed by atoms with Gasteiger partial charge in [0.2, 0.25) is 5.91 Å². The molecule has 118 valence electrons. The molecule has 1 aromatic rings. The summed E-state index contributed by atoms with van der Waals surface area (Å²) < 4.78 is 18.6. The summed E-state index contributed by atoms with van der Waals surface area (Å²) in [6.07, 6.45) is 0.252. The molecule has 0 aliphatic carbocycles. The van der Waals surface area contributed by atoms with Crippen molar-refractivity contribution in [1.82, 2.24) is 10.2 Å². The van der Waals surface area contributed by atoms with Crippen LogP contribution in [0.25, 0.3) is 0 Å². The van der Waals surface area contributed by atoms with Crippen molar-refractivity contribution in [1.29, 1.82) is 0 Å². The molecule has 22 heavy (non-hydrogen) atoms. The first-order valence-corrected chi connectivity index (χ1v) is 7.25. The summed E-state index contributed by atoms with van der Waals surface area (Å²) in [5, 5.41) is 5.37. The van der Waals surface area contributed by atoms with Gasteiger partial charge < -0.3 is 20.3 Å². The third-order valence-electron chi connectivity index (χ3n) is 4.12. The van der Waals surface area contributed by atoms with Crippen LogP contribution in [-0.2, 0) is 9.53 Å². The number of urea groups is 1. The van der Waals surface area contributed by atoms with Crippen LogP contribution in [0.1, 0.15) is 6.42 Å². The molecule has 2 aliphatic heterocycles. The number of hydrogen-bond acceptors (Lipinski definition) is 3. The van der Waals surface area contributed by atoms with Crippen molar-refractivity contribution in [2.45, 2.75) is 18.6 Å². The summed E-state index contributed by atoms with van der Waals surface area (Å²) in [7, 11) is 1.60. The van der Waals surface area contributed by atoms with Crippen molar-refractivity contribution in [3.8, 4) is 0 Å². The minimum atomic E-state index is -0.351. The number of carbonyl (C=O) groups is 2. The molecule has 6 nitrogen and oxygen atoms in total. The molecule has 0 radical (unpaired) electrons. The van der Waals surface area contributed by atoms with Crippen LogP contribution >= 0.6 is 0 Å². The van der Waals surface area contributed by atoms with E-state index in [1.54, 1.807) is 11.9 Å². The second kappa shape index (κ2) is 5.92. The highest BCUT2D eigenvalue weighted by atomic mass is 19.1. The van der Waals surface area contributed by atoms with Gasteiger partial charge in [0.15, 0.2) is 0 Å². The fraction of sp³-hybridized carbons (Fsp3) is 0.467. The van der Waals surface area contributed by atoms with Crippen molar-refractivity contribution >= 4 is 17.6 Å². The van der Waals surface area contributed by atoms with Gasteiger partial charge in [0.25, 0.3) is 0 Å². The zero-order chi connectivity index (χ0) is 15.7. The fourth-order valence-electron chi connectivity index (χ4n) is 3.02. The van der Waals surface area contributed by atoms with Crippen molar-refractivity contribution < 1.29 is 18.7 Å². The predicted molar refractivity (Wildman–Crippen MR) is 77.8 cm³/mol. The van der Waals surface area contributed by atoms with E-state index >= 15 is 0 Å². The zero-order valence-corrected chi connectivity index (χ0v) is 12.2. The summed E-state index contributed by atoms with van der Waals surface area (Å²) in [5.74, 6) is -0.609. The number of nitrogens with one attached hydrogen (secondary N) is 2. The Balaban J connectivity index is 1.63. The Kier molecular flexibility index (Phi) is 3.98. The van der Waals surface area contributed by atoms with Gasteiger partial charge in [-0.15, -0.1) is 0 Å². The number of anilines is 1. The molecule has 0 saturated carbocycles. The average molecular weight is 307 g/mol. The predicted octanol–water partition coefficient (Wildman–Crippen LogP) is 1.19. The Morgan fingerprint density at radius 2 is 2.00 bits per heavy atom. The smallest absolute Gasteiger partial charge is 0.322 e. The summed E-state index contributed by atoms with van der Waals surface area (Å²) in [6.45, 7) is 0.832. The third-order valence-corrected chi connectivity index (χ3v) is 4.12. The maximum absolute atomic E-state index is 12.9. The molecule has 7 heteroatoms. The zero-order valence-electron chi connectivity index (χ0n) is 12.2. The molecular formula is C15H18FN3O3. The molecule has 0 unspecified atom stereocenters. The molecule has 0 aromatic heterocycles. The van der Waals surface area contributed by atoms with E-state index in [2.05, 4.69) is 10.6 Å². The molecule has 2 aliphatic rings. The number of ether oxygens (including phenoxy) is 1. The van der Waals surface area contributed by atoms with Crippen LogP contribution in [0.3, 0.4) is 0 Å². The lowest BCUT2D eigenvalue weighted by Gasteiger charge is -2.32. The largest absolute Gasteiger partial charge is 0.370 e. The highest BCUT2D eigenvalue weighted by Gasteiger charge is 2.45. The van der Waals surface area contributed by atoms with Gasteiger partial charge in [-0.05, 0) is 30.7 Å². The lowest BCUT2D eigenvalue weighted by molar-refractivity contribution is -0.127. The van der Waals surface area contributed by atoms with Gasteiger partial charge >= 0.3 is 6.03 Å². The van der Waals surface area contributed by atoms with E-state index in [0.29, 0.717) is 25.2 Å². The highest BCUT2D eigenvalue weighted by molar-refractivity contribution is 5.89. The molecular weight excluding hydrogens is 289 g/mol. The first kappa shape index (κ1) is 14.8. The van der Waals surface area contributed by atoms with Gasteiger partial charge in [-0.1, -0.05) is 0 Å². The SMILES string of the molecule is CNC(=O)[C@@H]1C[C@H]2CN(C(=O)Nc3ccc(F)cc3)C[C@@H]1O2. The molecule has 3 amide bonds. The van der Waals surface area contributed by atoms with E-state index in [0.717, 1.165) is 0 Å². The monoisotopic (exact) mass is 307 g/mol. The quantitative estimate of drug-likeness (QED) is 0.862. The number of morpholine rings is 1. The Bertz CT molecular complexity index is 578. The number of fused-ring (bicyclic) bond motifs is 2. The van der Waals surface area contributed by atoms with Crippen LogP contribution in [0.15, 0.2) is 24.3 Å². The van der Waals surface area contributed by atoms with Crippen LogP contribution in [-0.4, -0.2) is 49.2 Å². The van der Waals surface area contributed by atoms with E-state index in [1.807, 2.05) is 0 Å². The molecule has 2 fully saturated rings. The molecule has 1 aromatic carbocycles. The number of rotatable bonds is 2. The second-order valence-corrected chi connectivity index (χ2v) is 5.60. The lowest BCUT2D eigenvalue weighted by atomic mass is 10.00. The molecule has 2 bridgehead atoms. The Labute approximate surface area is 127 Å². The summed E-state index contributed by atoms with van der Waals surface area (Å²) in [4.78, 5) is 25.7. The third kappa shape index (κ3) is 2.89. The van der Waals surface area contributed by atoms with Crippen LogP contribution in [0.2, 0.25) is 0 Å². The second-order valence-electron chi connectivity index (χ2n) is 5.60. The Hall–Kier alpha value is -2.15. The van der Waals surface area contributed by atoms with E-state index in [1.165, 1.54) is 24.3 Å². The number of nitrogens with zero attached hydrogens (tertiary/aromatic N) is 1. The summed E-state index contributed by atoms with van der Waals surface area (Å²) in [6, 6.07) is 5.34. The normalized spacial score (nSPS) is 26.6. The number of carbonyl (C=O) groups excluding carboxylic acids is 2. The summed E-state index contributed by atoms with van der Waals surface area (Å²) >= 11 is 0. The van der Waals surface area contributed by atoms with Gasteiger partial charge in [0.05, 0.1) is 18.1 Å². The van der Waals surface area contributed by atoms with Crippen molar-refractivity contribution in [3.05, 3.63) is 30.1 Å². The minimum Gasteiger partial charge on any atom is -0.370 e. The van der Waals surface area contributed by atoms with Crippen molar-refractivity contribution in [2.24, 2.45) is 5.92 Å². The maximum Gasteiger partial charge on any atom is 0.322 e. The summed E-state index contributed by atoms with van der Waals surface area (Å²) in [5.41, 5.74) is 0.535. The Morgan fingerprint density at radius 3 is 2.68 bits per heavy atom. The molecule has 2 heterocycles. The van der Waals surface area contributed by atoms with Crippen LogP contribution in [0, 0.1) is 11.7 Å². The molecule has 3 rings (SSSR count). The van der Waals surface area contributed by atoms with E-state index < -0.39 is 0 Å². The number of amides is 3. The topological polar surface area (TPSA) is 70.7 Å². The standard InChI is InChI=1S/C15H18FN3O3/c1-17-14(20)12-6-11-7-19(8-13(12)22-11)15(21)18-10-4-2-9(16)3-5-10/h2-5,11-13H,6-8H2,1H3,(H,17,20)(H,18,21)/t11-,12+,13-/m0/s1. The molecule has 3 atom stereocenters. The fourth-order valence-corrected chi connectivity index (χ4v) is 3.02. The van der Waals surface area contributed by atoms with Gasteiger partial charge in [-0.25, -0.2) is 9.18 Å². The highest BCUT2D eigenvalue weighted by Crippen LogP contribution is 2.32. The van der Waals surface area contributed by atoms with Crippen LogP contribution < -0.4 is 10.6 Å². The van der Waals surface area contributed by atoms with Gasteiger partial charge in [0, 0.05) is 25.8 Å². The van der Waals surface area contributed by atoms with Gasteiger partial charge in [-0.2, -0.15) is 0 Å². The Morgan fingerprint density at radius 1 is 1.27 bits per heavy atom. The van der Waals surface area contributed by atoms with Gasteiger partial charge in [0.1, 0.15) is 5.82 Å². The van der Waals surface area contributed by atoms with Crippen LogP contribution in [0.5, 0.6) is 0 Å². The first-order valence-electron chi connectivity index (χ1n) is 7.25. The number of halogens is 1. The molecule has 2 saturated heterocycles. The minimum absolute atomic E-state index is 0.0479. The van der Waals surface area contributed by atoms with Crippen molar-refractivity contribution in [3.63, 3.8) is 0 Å². The van der Waals surface area contributed by atoms with E-state index in [-0.39, 0.29) is 35.9 Å². The number of likely N-dealkylation sites (tertiary alicyclic amines) is 1. The average Bonchev–Trinajstić information content (AvgIpc) is 2.82. The number of benzene rings is 1. The first-order chi connectivity index (χ1) is 10.6. The van der Waals surface area contributed by atoms with E-state index in [4.69, 9.17) is 4.74 Å². The lowest BCUT2D eigenvalue weighted by Crippen LogP contribution is -2.49. The molecule has 0 spiro atoms. The van der Waals surface area contributed by atoms with Crippen molar-refractivity contribution in [2.75, 3.05) is 25.5 Å².